The lowest BCUT2D eigenvalue weighted by molar-refractivity contribution is 1.22. The van der Waals surface area contributed by atoms with Crippen molar-refractivity contribution in [3.63, 3.8) is 0 Å². The van der Waals surface area contributed by atoms with E-state index in [1.807, 2.05) is 32.0 Å². The largest absolute Gasteiger partial charge is 0.277 e. The van der Waals surface area contributed by atoms with Crippen LogP contribution in [0.4, 0.5) is 5.69 Å². The first-order valence-corrected chi connectivity index (χ1v) is 6.05. The third-order valence-electron chi connectivity index (χ3n) is 3.24. The Bertz CT molecular complexity index is 696. The summed E-state index contributed by atoms with van der Waals surface area (Å²) in [5.41, 5.74) is 9.63. The fourth-order valence-electron chi connectivity index (χ4n) is 2.50. The Morgan fingerprint density at radius 1 is 1.06 bits per heavy atom. The lowest BCUT2D eigenvalue weighted by Crippen LogP contribution is -1.99. The van der Waals surface area contributed by atoms with Crippen LogP contribution in [-0.4, -0.2) is 10.7 Å². The van der Waals surface area contributed by atoms with E-state index in [0.29, 0.717) is 0 Å². The highest BCUT2D eigenvalue weighted by Crippen LogP contribution is 2.34. The summed E-state index contributed by atoms with van der Waals surface area (Å²) >= 11 is 0. The first-order chi connectivity index (χ1) is 8.66. The molecule has 0 aliphatic carbocycles. The van der Waals surface area contributed by atoms with Crippen molar-refractivity contribution < 1.29 is 0 Å². The zero-order chi connectivity index (χ0) is 12.7. The van der Waals surface area contributed by atoms with Gasteiger partial charge in [-0.1, -0.05) is 18.2 Å². The number of aromatic nitrogens is 1. The second-order valence-corrected chi connectivity index (χ2v) is 4.66. The quantitative estimate of drug-likeness (QED) is 0.757. The SMILES string of the molecule is CC1=CC(C)=NNc2c1c(C)nc1ccccc21. The highest BCUT2D eigenvalue weighted by molar-refractivity contribution is 6.06. The number of nitrogens with one attached hydrogen (secondary N) is 1. The number of pyridine rings is 1. The lowest BCUT2D eigenvalue weighted by atomic mass is 10.00. The Kier molecular flexibility index (Phi) is 2.40. The Balaban J connectivity index is 2.42. The van der Waals surface area contributed by atoms with Gasteiger partial charge >= 0.3 is 0 Å². The molecule has 0 radical (unpaired) electrons. The van der Waals surface area contributed by atoms with Crippen LogP contribution in [-0.2, 0) is 0 Å². The highest BCUT2D eigenvalue weighted by Gasteiger charge is 2.15. The van der Waals surface area contributed by atoms with Crippen LogP contribution < -0.4 is 5.43 Å². The molecule has 0 saturated heterocycles. The molecule has 18 heavy (non-hydrogen) atoms. The van der Waals surface area contributed by atoms with Crippen molar-refractivity contribution in [3.05, 3.63) is 41.6 Å². The molecule has 1 aromatic heterocycles. The molecule has 1 aliphatic heterocycles. The van der Waals surface area contributed by atoms with E-state index in [4.69, 9.17) is 0 Å². The number of para-hydroxylation sites is 1. The zero-order valence-electron chi connectivity index (χ0n) is 10.8. The highest BCUT2D eigenvalue weighted by atomic mass is 15.3. The molecule has 0 saturated carbocycles. The number of allylic oxidation sites excluding steroid dienone is 2. The summed E-state index contributed by atoms with van der Waals surface area (Å²) in [6.07, 6.45) is 2.09. The van der Waals surface area contributed by atoms with Crippen LogP contribution in [0.5, 0.6) is 0 Å². The van der Waals surface area contributed by atoms with Gasteiger partial charge in [0, 0.05) is 16.6 Å². The van der Waals surface area contributed by atoms with Crippen LogP contribution in [0.1, 0.15) is 25.1 Å². The first-order valence-electron chi connectivity index (χ1n) is 6.05. The van der Waals surface area contributed by atoms with E-state index in [2.05, 4.69) is 34.6 Å². The van der Waals surface area contributed by atoms with Gasteiger partial charge in [0.2, 0.25) is 0 Å². The predicted molar refractivity (Wildman–Crippen MR) is 76.9 cm³/mol. The number of hydrazone groups is 1. The molecule has 3 rings (SSSR count). The molecular weight excluding hydrogens is 222 g/mol. The predicted octanol–water partition coefficient (Wildman–Crippen LogP) is 3.75. The van der Waals surface area contributed by atoms with Crippen molar-refractivity contribution >= 4 is 27.9 Å². The molecular formula is C15H15N3. The van der Waals surface area contributed by atoms with Gasteiger partial charge in [-0.25, -0.2) is 0 Å². The third kappa shape index (κ3) is 1.59. The van der Waals surface area contributed by atoms with E-state index in [0.717, 1.165) is 33.6 Å². The molecule has 3 nitrogen and oxygen atoms in total. The van der Waals surface area contributed by atoms with Crippen LogP contribution in [0.25, 0.3) is 16.5 Å². The van der Waals surface area contributed by atoms with Crippen molar-refractivity contribution in [2.24, 2.45) is 5.10 Å². The summed E-state index contributed by atoms with van der Waals surface area (Å²) in [7, 11) is 0. The van der Waals surface area contributed by atoms with Crippen LogP contribution in [0.2, 0.25) is 0 Å². The maximum absolute atomic E-state index is 4.67. The lowest BCUT2D eigenvalue weighted by Gasteiger charge is -2.13. The fraction of sp³-hybridized carbons (Fsp3) is 0.200. The van der Waals surface area contributed by atoms with Crippen molar-refractivity contribution in [1.29, 1.82) is 0 Å². The summed E-state index contributed by atoms with van der Waals surface area (Å²) < 4.78 is 0. The maximum Gasteiger partial charge on any atom is 0.0749 e. The number of aryl methyl sites for hydroxylation is 1. The zero-order valence-corrected chi connectivity index (χ0v) is 10.8. The first kappa shape index (κ1) is 11.0. The summed E-state index contributed by atoms with van der Waals surface area (Å²) in [4.78, 5) is 4.67. The molecule has 0 spiro atoms. The average molecular weight is 237 g/mol. The number of rotatable bonds is 0. The number of fused-ring (bicyclic) bond motifs is 3. The molecule has 2 heterocycles. The Labute approximate surface area is 106 Å². The molecule has 0 unspecified atom stereocenters. The van der Waals surface area contributed by atoms with Gasteiger partial charge < -0.3 is 0 Å². The molecule has 0 atom stereocenters. The van der Waals surface area contributed by atoms with Crippen molar-refractivity contribution in [2.45, 2.75) is 20.8 Å². The molecule has 1 aromatic carbocycles. The molecule has 1 N–H and O–H groups in total. The van der Waals surface area contributed by atoms with E-state index in [1.165, 1.54) is 5.57 Å². The summed E-state index contributed by atoms with van der Waals surface area (Å²) in [5.74, 6) is 0. The van der Waals surface area contributed by atoms with E-state index in [1.54, 1.807) is 0 Å². The van der Waals surface area contributed by atoms with Gasteiger partial charge in [-0.15, -0.1) is 0 Å². The monoisotopic (exact) mass is 237 g/mol. The Hall–Kier alpha value is -2.16. The minimum absolute atomic E-state index is 0.979. The van der Waals surface area contributed by atoms with Gasteiger partial charge in [0.15, 0.2) is 0 Å². The maximum atomic E-state index is 4.67. The van der Waals surface area contributed by atoms with Gasteiger partial charge in [-0.2, -0.15) is 5.10 Å². The second-order valence-electron chi connectivity index (χ2n) is 4.66. The second kappa shape index (κ2) is 3.95. The summed E-state index contributed by atoms with van der Waals surface area (Å²) in [6, 6.07) is 8.15. The Morgan fingerprint density at radius 3 is 2.67 bits per heavy atom. The summed E-state index contributed by atoms with van der Waals surface area (Å²) in [5, 5.41) is 5.48. The smallest absolute Gasteiger partial charge is 0.0749 e. The normalized spacial score (nSPS) is 14.4. The van der Waals surface area contributed by atoms with Crippen LogP contribution in [0.3, 0.4) is 0 Å². The van der Waals surface area contributed by atoms with Crippen LogP contribution in [0, 0.1) is 6.92 Å². The molecule has 1 aliphatic rings. The van der Waals surface area contributed by atoms with E-state index in [-0.39, 0.29) is 0 Å². The summed E-state index contributed by atoms with van der Waals surface area (Å²) in [6.45, 7) is 6.15. The van der Waals surface area contributed by atoms with Crippen LogP contribution in [0.15, 0.2) is 35.4 Å². The topological polar surface area (TPSA) is 37.3 Å². The van der Waals surface area contributed by atoms with Gasteiger partial charge in [0.25, 0.3) is 0 Å². The van der Waals surface area contributed by atoms with Gasteiger partial charge in [-0.3, -0.25) is 10.4 Å². The van der Waals surface area contributed by atoms with E-state index < -0.39 is 0 Å². The molecule has 0 fully saturated rings. The molecule has 0 bridgehead atoms. The van der Waals surface area contributed by atoms with Crippen molar-refractivity contribution in [3.8, 4) is 0 Å². The Morgan fingerprint density at radius 2 is 1.83 bits per heavy atom. The standard InChI is InChI=1S/C15H15N3/c1-9-8-10(2)17-18-15-12-6-4-5-7-13(12)16-11(3)14(9)15/h4-8,18H,1-3H3. The minimum atomic E-state index is 0.979. The number of hydrogen-bond acceptors (Lipinski definition) is 3. The van der Waals surface area contributed by atoms with E-state index >= 15 is 0 Å². The number of hydrogen-bond donors (Lipinski definition) is 1. The van der Waals surface area contributed by atoms with Gasteiger partial charge in [0.1, 0.15) is 0 Å². The van der Waals surface area contributed by atoms with Gasteiger partial charge in [0.05, 0.1) is 16.9 Å². The minimum Gasteiger partial charge on any atom is -0.277 e. The number of benzene rings is 1. The van der Waals surface area contributed by atoms with Crippen molar-refractivity contribution in [1.82, 2.24) is 4.98 Å². The number of anilines is 1. The van der Waals surface area contributed by atoms with Crippen LogP contribution >= 0.6 is 0 Å². The molecule has 2 aromatic rings. The molecule has 90 valence electrons. The van der Waals surface area contributed by atoms with E-state index in [9.17, 15) is 0 Å². The average Bonchev–Trinajstić information content (AvgIpc) is 2.49. The molecule has 0 amide bonds. The fourth-order valence-corrected chi connectivity index (χ4v) is 2.50. The van der Waals surface area contributed by atoms with Gasteiger partial charge in [-0.05, 0) is 38.5 Å². The van der Waals surface area contributed by atoms with Crippen molar-refractivity contribution in [2.75, 3.05) is 5.43 Å². The third-order valence-corrected chi connectivity index (χ3v) is 3.24. The number of nitrogens with zero attached hydrogens (tertiary/aromatic N) is 2. The molecule has 3 heteroatoms.